The topological polar surface area (TPSA) is 340 Å². The third kappa shape index (κ3) is 41.7. The number of likely N-dealkylation sites (tertiary alicyclic amines) is 2. The van der Waals surface area contributed by atoms with Gasteiger partial charge in [0, 0.05) is 69.4 Å². The lowest BCUT2D eigenvalue weighted by molar-refractivity contribution is -0.385. The molecule has 3 heterocycles. The number of carbonyl (C=O) groups is 4. The largest absolute Gasteiger partial charge is 0.491 e. The van der Waals surface area contributed by atoms with Crippen LogP contribution in [0.25, 0.3) is 0 Å². The highest BCUT2D eigenvalue weighted by atomic mass is 19.2. The standard InChI is InChI=1S/C27H35F2NO4.C18H18F2O4.C14H11F2NO4.C13H15NO3.C11H23NO.C8H7F2NO3.C6H3F2NO2/c1-3-20(4-2)19-27(32)9-12-30(13-10-27)26(31)17-21-15-24(33-14-11-28)18-25(16-21)34-23-7-5-22(29)6-8-23;1-2-22-18(21)11-13-9-16(23-8-7-19)12-17(10-13)24-15-5-3-14(20)4-6-15;15-5-6-20-13-7-11(17(18)19)8-14(9-13)21-12-3-1-10(16)2-4-12;15-12-6-8-14(9-7-12)13(16)17-10-11-4-2-1-3-5-11;1-3-10(4-2)9-11(13)5-7-12-8-6-11;9-1-2-14-8-4-6(10)3-7(5-8)11(12)13;7-4-1-5(8)3-6(2-4)9(10)11/h5-8,15-16,18,20,32H,3-4,9-14,17,19H2,1-2H3;3-6,9-10,12H,2,7-8,11H2,1H3;1-4,7-9H,5-6H2;1-5H,6-10H2;10,12-13H,3-9H2,1-2H3;3-5H,1-2H2;1-3H. The summed E-state index contributed by atoms with van der Waals surface area (Å²) < 4.78 is 172. The first-order valence-electron chi connectivity index (χ1n) is 43.4. The Kier molecular flexibility index (Phi) is 48.0. The van der Waals surface area contributed by atoms with Crippen molar-refractivity contribution in [2.24, 2.45) is 11.8 Å². The van der Waals surface area contributed by atoms with Gasteiger partial charge < -0.3 is 68.0 Å². The molecule has 3 saturated heterocycles. The number of nitrogens with zero attached hydrogens (tertiary/aromatic N) is 5. The quantitative estimate of drug-likeness (QED) is 0.0142. The number of piperidine rings is 3. The first-order valence-corrected chi connectivity index (χ1v) is 43.4. The zero-order valence-corrected chi connectivity index (χ0v) is 75.0. The van der Waals surface area contributed by atoms with Crippen molar-refractivity contribution in [1.29, 1.82) is 0 Å². The van der Waals surface area contributed by atoms with Crippen LogP contribution < -0.4 is 38.5 Å². The predicted molar refractivity (Wildman–Crippen MR) is 479 cm³/mol. The number of non-ortho nitro benzene ring substituents is 3. The highest BCUT2D eigenvalue weighted by Gasteiger charge is 2.36. The number of hydrogen-bond acceptors (Lipinski definition) is 22. The summed E-state index contributed by atoms with van der Waals surface area (Å²) in [6.07, 6.45) is 10.0. The third-order valence-electron chi connectivity index (χ3n) is 20.6. The smallest absolute Gasteiger partial charge is 0.410 e. The van der Waals surface area contributed by atoms with Crippen molar-refractivity contribution in [2.75, 3.05) is 99.0 Å². The number of rotatable bonds is 36. The van der Waals surface area contributed by atoms with Crippen LogP contribution in [0.5, 0.6) is 57.5 Å². The Morgan fingerprint density at radius 1 is 0.403 bits per heavy atom. The minimum Gasteiger partial charge on any atom is -0.491 e. The second kappa shape index (κ2) is 58.7. The lowest BCUT2D eigenvalue weighted by atomic mass is 9.81. The average Bonchev–Trinajstić information content (AvgIpc) is 0.823. The van der Waals surface area contributed by atoms with Gasteiger partial charge in [0.1, 0.15) is 158 Å². The minimum absolute atomic E-state index is 0.0417. The van der Waals surface area contributed by atoms with Crippen LogP contribution in [0.4, 0.5) is 65.8 Å². The molecule has 3 aliphatic rings. The Labute approximate surface area is 770 Å². The van der Waals surface area contributed by atoms with Crippen LogP contribution in [0.1, 0.15) is 128 Å². The first-order chi connectivity index (χ1) is 64.2. The van der Waals surface area contributed by atoms with E-state index in [0.717, 1.165) is 75.4 Å². The number of ketones is 1. The molecule has 9 aromatic rings. The van der Waals surface area contributed by atoms with E-state index in [0.29, 0.717) is 133 Å². The molecule has 0 radical (unpaired) electrons. The Hall–Kier alpha value is -13.2. The van der Waals surface area contributed by atoms with Gasteiger partial charge in [-0.2, -0.15) is 0 Å². The van der Waals surface area contributed by atoms with E-state index in [2.05, 4.69) is 33.0 Å². The van der Waals surface area contributed by atoms with Crippen LogP contribution in [0.15, 0.2) is 194 Å². The maximum atomic E-state index is 13.2. The number of benzene rings is 9. The normalized spacial score (nSPS) is 13.3. The molecule has 0 spiro atoms. The lowest BCUT2D eigenvalue weighted by Gasteiger charge is -2.40. The Bertz CT molecular complexity index is 5070. The van der Waals surface area contributed by atoms with E-state index < -0.39 is 81.7 Å². The van der Waals surface area contributed by atoms with Gasteiger partial charge >= 0.3 is 12.1 Å². The molecule has 0 aromatic heterocycles. The van der Waals surface area contributed by atoms with Crippen LogP contribution in [0.3, 0.4) is 0 Å². The van der Waals surface area contributed by atoms with Gasteiger partial charge in [-0.3, -0.25) is 44.7 Å². The highest BCUT2D eigenvalue weighted by molar-refractivity contribution is 5.81. The summed E-state index contributed by atoms with van der Waals surface area (Å²) in [5, 5.41) is 55.6. The van der Waals surface area contributed by atoms with Crippen molar-refractivity contribution < 1.29 is 131 Å². The SMILES string of the molecule is CCC(CC)CC1(O)CCN(C(=O)Cc2cc(OCCF)cc(Oc3ccc(F)cc3)c2)CC1.CCC(CC)CC1(O)CCNCC1.CCOC(=O)Cc1cc(OCCF)cc(Oc2ccc(F)cc2)c1.O=C1CCN(C(=O)OCc2ccccc2)CC1.O=[N+]([O-])c1cc(F)cc(F)c1.O=[N+]([O-])c1cc(F)cc(OCCF)c1.O=[N+]([O-])c1cc(OCCF)cc(Oc2ccc(F)cc2)c1. The van der Waals surface area contributed by atoms with E-state index in [1.54, 1.807) is 53.1 Å². The average molecular weight is 1890 g/mol. The number of nitro benzene ring substituents is 3. The molecule has 726 valence electrons. The molecule has 9 aromatic carbocycles. The molecule has 27 nitrogen and oxygen atoms in total. The summed E-state index contributed by atoms with van der Waals surface area (Å²) in [5.74, 6) is 0.173. The van der Waals surface area contributed by atoms with Crippen molar-refractivity contribution in [1.82, 2.24) is 15.1 Å². The van der Waals surface area contributed by atoms with Crippen molar-refractivity contribution in [2.45, 2.75) is 142 Å². The molecule has 0 unspecified atom stereocenters. The molecule has 3 N–H and O–H groups in total. The minimum atomic E-state index is -0.948. The van der Waals surface area contributed by atoms with Gasteiger partial charge in [0.15, 0.2) is 0 Å². The second-order valence-corrected chi connectivity index (χ2v) is 30.7. The van der Waals surface area contributed by atoms with E-state index in [4.69, 9.17) is 42.6 Å². The molecule has 0 bridgehead atoms. The number of amides is 2. The summed E-state index contributed by atoms with van der Waals surface area (Å²) in [4.78, 5) is 79.6. The Balaban J connectivity index is 0.000000248. The number of halogens is 10. The fourth-order valence-electron chi connectivity index (χ4n) is 13.6. The number of carbonyl (C=O) groups excluding carboxylic acids is 4. The number of aliphatic hydroxyl groups is 2. The fourth-order valence-corrected chi connectivity index (χ4v) is 13.6. The lowest BCUT2D eigenvalue weighted by Crippen LogP contribution is -2.47. The molecule has 2 amide bonds. The number of ether oxygens (including phenoxy) is 9. The van der Waals surface area contributed by atoms with Gasteiger partial charge in [0.05, 0.1) is 81.8 Å². The molecule has 3 aliphatic heterocycles. The Morgan fingerprint density at radius 3 is 1.15 bits per heavy atom. The van der Waals surface area contributed by atoms with E-state index in [9.17, 15) is 104 Å². The monoisotopic (exact) mass is 1890 g/mol. The number of esters is 1. The van der Waals surface area contributed by atoms with E-state index in [-0.39, 0.29) is 116 Å². The zero-order chi connectivity index (χ0) is 98.0. The van der Waals surface area contributed by atoms with Crippen molar-refractivity contribution in [3.8, 4) is 57.5 Å². The van der Waals surface area contributed by atoms with Crippen LogP contribution >= 0.6 is 0 Å². The molecule has 0 aliphatic carbocycles. The van der Waals surface area contributed by atoms with E-state index in [1.165, 1.54) is 104 Å². The number of hydrogen-bond donors (Lipinski definition) is 3. The van der Waals surface area contributed by atoms with Gasteiger partial charge in [-0.25, -0.2) is 48.7 Å². The van der Waals surface area contributed by atoms with Gasteiger partial charge in [0.25, 0.3) is 17.1 Å². The molecule has 0 atom stereocenters. The second-order valence-electron chi connectivity index (χ2n) is 30.7. The summed E-state index contributed by atoms with van der Waals surface area (Å²) in [6.45, 7) is 11.6. The van der Waals surface area contributed by atoms with Gasteiger partial charge in [-0.05, 0) is 184 Å². The molecular weight excluding hydrogens is 1780 g/mol. The van der Waals surface area contributed by atoms with Crippen LogP contribution in [-0.4, -0.2) is 169 Å². The van der Waals surface area contributed by atoms with Crippen LogP contribution in [0, 0.1) is 77.1 Å². The van der Waals surface area contributed by atoms with E-state index in [1.807, 2.05) is 30.3 Å². The molecule has 3 fully saturated rings. The summed E-state index contributed by atoms with van der Waals surface area (Å²) in [5.41, 5.74) is -0.0527. The summed E-state index contributed by atoms with van der Waals surface area (Å²) in [6, 6.07) is 44.2. The molecule has 134 heavy (non-hydrogen) atoms. The van der Waals surface area contributed by atoms with Gasteiger partial charge in [-0.15, -0.1) is 0 Å². The number of nitro groups is 3. The third-order valence-corrected chi connectivity index (χ3v) is 20.6. The van der Waals surface area contributed by atoms with Crippen molar-refractivity contribution in [3.05, 3.63) is 276 Å². The maximum Gasteiger partial charge on any atom is 0.410 e. The Morgan fingerprint density at radius 2 is 0.754 bits per heavy atom. The van der Waals surface area contributed by atoms with Gasteiger partial charge in [0.2, 0.25) is 5.91 Å². The molecule has 37 heteroatoms. The number of nitrogens with one attached hydrogen (secondary N) is 1. The number of Topliss-reactive ketones (excluding diaryl/α,β-unsaturated/α-hetero) is 1. The molecular formula is C97H112F10N6O21. The van der Waals surface area contributed by atoms with E-state index >= 15 is 0 Å². The highest BCUT2D eigenvalue weighted by Crippen LogP contribution is 2.37. The molecule has 0 saturated carbocycles. The first kappa shape index (κ1) is 110. The number of alkyl halides is 4. The molecule has 12 rings (SSSR count). The van der Waals surface area contributed by atoms with Crippen LogP contribution in [-0.2, 0) is 43.3 Å². The zero-order valence-electron chi connectivity index (χ0n) is 75.0. The maximum absolute atomic E-state index is 13.2. The van der Waals surface area contributed by atoms with Crippen LogP contribution in [0.2, 0.25) is 0 Å². The van der Waals surface area contributed by atoms with Gasteiger partial charge in [-0.1, -0.05) is 83.7 Å². The van der Waals surface area contributed by atoms with Crippen molar-refractivity contribution >= 4 is 40.8 Å². The van der Waals surface area contributed by atoms with Crippen molar-refractivity contribution in [3.63, 3.8) is 0 Å². The predicted octanol–water partition coefficient (Wildman–Crippen LogP) is 21.5. The summed E-state index contributed by atoms with van der Waals surface area (Å²) >= 11 is 0. The summed E-state index contributed by atoms with van der Waals surface area (Å²) in [7, 11) is 0. The fraction of sp³-hybridized carbons (Fsp3) is 0.402.